The predicted molar refractivity (Wildman–Crippen MR) is 133 cm³/mol. The third-order valence-corrected chi connectivity index (χ3v) is 4.99. The molecule has 0 amide bonds. The van der Waals surface area contributed by atoms with E-state index in [1.54, 1.807) is 13.1 Å². The van der Waals surface area contributed by atoms with Crippen LogP contribution < -0.4 is 10.8 Å². The minimum atomic E-state index is -0.351. The van der Waals surface area contributed by atoms with Crippen LogP contribution in [0.25, 0.3) is 11.0 Å². The van der Waals surface area contributed by atoms with E-state index < -0.39 is 0 Å². The van der Waals surface area contributed by atoms with Crippen LogP contribution in [0.5, 0.6) is 0 Å². The Morgan fingerprint density at radius 3 is 2.73 bits per heavy atom. The van der Waals surface area contributed by atoms with E-state index >= 15 is 0 Å². The summed E-state index contributed by atoms with van der Waals surface area (Å²) in [5, 5.41) is 3.79. The zero-order valence-electron chi connectivity index (χ0n) is 18.9. The number of carbonyl (C=O) groups excluding carboxylic acids is 1. The smallest absolute Gasteiger partial charge is 0.174 e. The summed E-state index contributed by atoms with van der Waals surface area (Å²) in [7, 11) is 1.76. The largest absolute Gasteiger partial charge is 0.353 e. The molecule has 1 aliphatic rings. The number of aromatic nitrogens is 2. The van der Waals surface area contributed by atoms with Crippen LogP contribution in [0.2, 0.25) is 5.02 Å². The molecule has 1 aromatic heterocycles. The lowest BCUT2D eigenvalue weighted by atomic mass is 10.1. The number of nitrogens with zero attached hydrogens (tertiary/aromatic N) is 1. The molecule has 174 valence electrons. The third-order valence-electron chi connectivity index (χ3n) is 4.76. The van der Waals surface area contributed by atoms with Crippen LogP contribution in [0.4, 0.5) is 15.8 Å². The molecular weight excluding hydrogens is 443 g/mol. The maximum absolute atomic E-state index is 14.5. The summed E-state index contributed by atoms with van der Waals surface area (Å²) in [5.74, 6) is -0.351. The van der Waals surface area contributed by atoms with Gasteiger partial charge < -0.3 is 15.1 Å². The van der Waals surface area contributed by atoms with Gasteiger partial charge >= 0.3 is 0 Å². The van der Waals surface area contributed by atoms with Crippen molar-refractivity contribution in [3.8, 4) is 0 Å². The van der Waals surface area contributed by atoms with Gasteiger partial charge in [0.25, 0.3) is 0 Å². The van der Waals surface area contributed by atoms with E-state index in [9.17, 15) is 4.39 Å². The minimum Gasteiger partial charge on any atom is -0.353 e. The number of hydrogen-bond acceptors (Lipinski definition) is 5. The maximum Gasteiger partial charge on any atom is 0.174 e. The van der Waals surface area contributed by atoms with E-state index in [1.807, 2.05) is 51.0 Å². The van der Waals surface area contributed by atoms with Crippen LogP contribution in [-0.2, 0) is 9.63 Å². The van der Waals surface area contributed by atoms with Gasteiger partial charge in [0.1, 0.15) is 12.3 Å². The molecule has 33 heavy (non-hydrogen) atoms. The van der Waals surface area contributed by atoms with Crippen molar-refractivity contribution in [1.29, 1.82) is 0 Å². The van der Waals surface area contributed by atoms with Gasteiger partial charge in [0, 0.05) is 17.8 Å². The van der Waals surface area contributed by atoms with Crippen LogP contribution in [0.1, 0.15) is 17.5 Å². The average Bonchev–Trinajstić information content (AvgIpc) is 3.12. The second-order valence-electron chi connectivity index (χ2n) is 7.06. The van der Waals surface area contributed by atoms with Crippen LogP contribution in [-0.4, -0.2) is 30.4 Å². The highest BCUT2D eigenvalue weighted by Crippen LogP contribution is 2.31. The molecule has 3 aromatic rings. The Morgan fingerprint density at radius 2 is 2.00 bits per heavy atom. The quantitative estimate of drug-likeness (QED) is 0.392. The molecule has 8 heteroatoms. The number of nitrogens with one attached hydrogen (secondary N) is 3. The van der Waals surface area contributed by atoms with Gasteiger partial charge in [0.2, 0.25) is 0 Å². The number of aryl methyl sites for hydroxylation is 2. The van der Waals surface area contributed by atoms with Crippen molar-refractivity contribution in [2.75, 3.05) is 19.0 Å². The van der Waals surface area contributed by atoms with Gasteiger partial charge in [-0.2, -0.15) is 0 Å². The van der Waals surface area contributed by atoms with Crippen LogP contribution in [0, 0.1) is 19.7 Å². The number of rotatable bonds is 5. The Labute approximate surface area is 198 Å². The molecule has 6 nitrogen and oxygen atoms in total. The van der Waals surface area contributed by atoms with Crippen molar-refractivity contribution in [3.63, 3.8) is 0 Å². The Kier molecular flexibility index (Phi) is 10.5. The molecule has 0 radical (unpaired) electrons. The van der Waals surface area contributed by atoms with Crippen molar-refractivity contribution < 1.29 is 14.0 Å². The highest BCUT2D eigenvalue weighted by atomic mass is 35.5. The number of hydroxylamine groups is 1. The van der Waals surface area contributed by atoms with Crippen molar-refractivity contribution in [2.24, 2.45) is 0 Å². The van der Waals surface area contributed by atoms with Gasteiger partial charge in [-0.05, 0) is 61.2 Å². The molecule has 1 heterocycles. The number of carbonyl (C=O) groups is 1. The number of aromatic amines is 1. The monoisotopic (exact) mass is 470 g/mol. The molecule has 2 aromatic carbocycles. The Hall–Kier alpha value is -3.26. The summed E-state index contributed by atoms with van der Waals surface area (Å²) in [4.78, 5) is 20.0. The zero-order chi connectivity index (χ0) is 24.2. The normalized spacial score (nSPS) is 12.2. The fraction of sp³-hybridized carbons (Fsp3) is 0.200. The third kappa shape index (κ3) is 7.39. The molecular formula is C25H28ClFN4O2. The number of anilines is 2. The molecule has 0 aliphatic heterocycles. The molecule has 0 saturated carbocycles. The van der Waals surface area contributed by atoms with Crippen molar-refractivity contribution in [1.82, 2.24) is 15.4 Å². The molecule has 1 aliphatic carbocycles. The summed E-state index contributed by atoms with van der Waals surface area (Å²) in [6.45, 7) is 6.42. The summed E-state index contributed by atoms with van der Waals surface area (Å²) in [6, 6.07) is 7.33. The number of halogens is 2. The van der Waals surface area contributed by atoms with Crippen molar-refractivity contribution >= 4 is 40.8 Å². The Balaban J connectivity index is 0.000000252. The first-order chi connectivity index (χ1) is 16.0. The van der Waals surface area contributed by atoms with Crippen LogP contribution in [0.3, 0.4) is 0 Å². The predicted octanol–water partition coefficient (Wildman–Crippen LogP) is 6.11. The van der Waals surface area contributed by atoms with E-state index in [4.69, 9.17) is 21.2 Å². The highest BCUT2D eigenvalue weighted by molar-refractivity contribution is 6.30. The first kappa shape index (κ1) is 26.0. The lowest BCUT2D eigenvalue weighted by molar-refractivity contribution is -0.0979. The molecule has 4 rings (SSSR count). The second kappa shape index (κ2) is 13.3. The number of fused-ring (bicyclic) bond motifs is 1. The first-order valence-electron chi connectivity index (χ1n) is 10.2. The lowest BCUT2D eigenvalue weighted by Gasteiger charge is -2.13. The number of hydrogen-bond donors (Lipinski definition) is 3. The average molecular weight is 471 g/mol. The molecule has 0 fully saturated rings. The van der Waals surface area contributed by atoms with E-state index in [-0.39, 0.29) is 5.82 Å². The standard InChI is InChI=1S/C15H13ClFN3.C9H13NO.CH2O/c1-8-5-10(16)3-4-11(8)20-14-9(2)6-12-15(13(14)17)19-7-18-12;1-10-11-8-9-6-4-2-3-5-7-9;1-2/h3-7,20H,1-2H3,(H,18,19);2-4,6-7,10H,5,8H2,1H3;1H2. The zero-order valence-corrected chi connectivity index (χ0v) is 19.7. The number of imidazole rings is 1. The lowest BCUT2D eigenvalue weighted by Crippen LogP contribution is -2.09. The van der Waals surface area contributed by atoms with E-state index in [1.165, 1.54) is 11.9 Å². The highest BCUT2D eigenvalue weighted by Gasteiger charge is 2.14. The minimum absolute atomic E-state index is 0.338. The molecule has 0 unspecified atom stereocenters. The number of H-pyrrole nitrogens is 1. The summed E-state index contributed by atoms with van der Waals surface area (Å²) in [6.07, 6.45) is 12.9. The molecule has 0 atom stereocenters. The topological polar surface area (TPSA) is 79.0 Å². The van der Waals surface area contributed by atoms with E-state index in [2.05, 4.69) is 39.0 Å². The molecule has 3 N–H and O–H groups in total. The van der Waals surface area contributed by atoms with Gasteiger partial charge in [-0.25, -0.2) is 14.9 Å². The van der Waals surface area contributed by atoms with Gasteiger partial charge in [-0.3, -0.25) is 4.84 Å². The number of allylic oxidation sites excluding steroid dienone is 4. The van der Waals surface area contributed by atoms with Crippen LogP contribution in [0.15, 0.2) is 66.5 Å². The molecule has 0 saturated heterocycles. The fourth-order valence-corrected chi connectivity index (χ4v) is 3.34. The first-order valence-corrected chi connectivity index (χ1v) is 10.6. The second-order valence-corrected chi connectivity index (χ2v) is 7.50. The Bertz CT molecular complexity index is 1150. The van der Waals surface area contributed by atoms with Crippen molar-refractivity contribution in [3.05, 3.63) is 88.5 Å². The number of benzene rings is 2. The SMILES string of the molecule is C=O.CNOCC1=CCC=CC=C1.Cc1cc(Cl)ccc1Nc1c(C)cc2[nH]cnc2c1F. The fourth-order valence-electron chi connectivity index (χ4n) is 3.11. The van der Waals surface area contributed by atoms with Crippen molar-refractivity contribution in [2.45, 2.75) is 20.3 Å². The van der Waals surface area contributed by atoms with E-state index in [0.29, 0.717) is 28.4 Å². The summed E-state index contributed by atoms with van der Waals surface area (Å²) >= 11 is 5.93. The maximum atomic E-state index is 14.5. The molecule has 0 spiro atoms. The van der Waals surface area contributed by atoms with Gasteiger partial charge in [0.05, 0.1) is 24.1 Å². The summed E-state index contributed by atoms with van der Waals surface area (Å²) < 4.78 is 14.5. The molecule has 0 bridgehead atoms. The Morgan fingerprint density at radius 1 is 1.21 bits per heavy atom. The van der Waals surface area contributed by atoms with Gasteiger partial charge in [0.15, 0.2) is 5.82 Å². The summed E-state index contributed by atoms with van der Waals surface area (Å²) in [5.41, 5.74) is 7.92. The van der Waals surface area contributed by atoms with Crippen LogP contribution >= 0.6 is 11.6 Å². The van der Waals surface area contributed by atoms with Gasteiger partial charge in [-0.1, -0.05) is 42.0 Å². The van der Waals surface area contributed by atoms with Gasteiger partial charge in [-0.15, -0.1) is 0 Å². The van der Waals surface area contributed by atoms with E-state index in [0.717, 1.165) is 23.2 Å².